The molecule has 0 unspecified atom stereocenters. The van der Waals surface area contributed by atoms with Crippen LogP contribution in [0.3, 0.4) is 0 Å². The van der Waals surface area contributed by atoms with Gasteiger partial charge in [0.15, 0.2) is 0 Å². The highest BCUT2D eigenvalue weighted by atomic mass is 32.1. The van der Waals surface area contributed by atoms with Crippen molar-refractivity contribution >= 4 is 23.3 Å². The highest BCUT2D eigenvalue weighted by Gasteiger charge is 2.29. The lowest BCUT2D eigenvalue weighted by atomic mass is 10.1. The summed E-state index contributed by atoms with van der Waals surface area (Å²) in [5.41, 5.74) is -0.802. The van der Waals surface area contributed by atoms with Crippen LogP contribution in [-0.4, -0.2) is 47.0 Å². The van der Waals surface area contributed by atoms with Gasteiger partial charge in [0, 0.05) is 18.1 Å². The number of ether oxygens (including phenoxy) is 1. The van der Waals surface area contributed by atoms with Gasteiger partial charge in [0.25, 0.3) is 0 Å². The Bertz CT molecular complexity index is 546. The van der Waals surface area contributed by atoms with Crippen LogP contribution in [0.15, 0.2) is 16.6 Å². The normalized spacial score (nSPS) is 16.2. The lowest BCUT2D eigenvalue weighted by Crippen LogP contribution is -2.51. The number of nitrogens with one attached hydrogen (secondary N) is 1. The van der Waals surface area contributed by atoms with Crippen LogP contribution in [0.4, 0.5) is 4.79 Å². The first kappa shape index (κ1) is 16.7. The van der Waals surface area contributed by atoms with Gasteiger partial charge in [0.1, 0.15) is 16.4 Å². The van der Waals surface area contributed by atoms with Crippen molar-refractivity contribution in [3.05, 3.63) is 16.6 Å². The minimum absolute atomic E-state index is 0.297. The number of aliphatic imine (C=N–C) groups is 1. The van der Waals surface area contributed by atoms with Gasteiger partial charge in [-0.1, -0.05) is 0 Å². The molecule has 0 aromatic carbocycles. The number of carbonyl (C=O) groups excluding carboxylic acids is 1. The molecule has 0 fully saturated rings. The van der Waals surface area contributed by atoms with Crippen LogP contribution in [0, 0.1) is 0 Å². The number of amidine groups is 1. The molecule has 1 aromatic rings. The van der Waals surface area contributed by atoms with Crippen molar-refractivity contribution in [1.29, 1.82) is 0 Å². The number of rotatable bonds is 2. The van der Waals surface area contributed by atoms with Crippen molar-refractivity contribution in [3.8, 4) is 0 Å². The van der Waals surface area contributed by atoms with Gasteiger partial charge < -0.3 is 10.1 Å². The summed E-state index contributed by atoms with van der Waals surface area (Å²) in [5, 5.41) is 6.34. The maximum atomic E-state index is 12.2. The van der Waals surface area contributed by atoms with Crippen LogP contribution >= 0.6 is 11.3 Å². The fourth-order valence-electron chi connectivity index (χ4n) is 2.12. The number of thiazole rings is 1. The van der Waals surface area contributed by atoms with E-state index in [4.69, 9.17) is 4.74 Å². The van der Waals surface area contributed by atoms with Crippen LogP contribution in [-0.2, 0) is 10.3 Å². The van der Waals surface area contributed by atoms with Crippen molar-refractivity contribution in [2.45, 2.75) is 45.8 Å². The van der Waals surface area contributed by atoms with E-state index in [-0.39, 0.29) is 11.6 Å². The number of hydrogen-bond donors (Lipinski definition) is 1. The quantitative estimate of drug-likeness (QED) is 0.908. The Morgan fingerprint density at radius 3 is 2.68 bits per heavy atom. The van der Waals surface area contributed by atoms with Crippen LogP contribution in [0.2, 0.25) is 0 Å². The summed E-state index contributed by atoms with van der Waals surface area (Å²) < 4.78 is 5.42. The molecule has 0 radical (unpaired) electrons. The number of hydrogen-bond acceptors (Lipinski definition) is 6. The molecule has 0 saturated heterocycles. The number of nitrogens with zero attached hydrogens (tertiary/aromatic N) is 3. The molecule has 6 nitrogen and oxygen atoms in total. The van der Waals surface area contributed by atoms with E-state index in [9.17, 15) is 4.79 Å². The number of aromatic nitrogens is 1. The summed E-state index contributed by atoms with van der Waals surface area (Å²) in [7, 11) is 0. The molecule has 0 spiro atoms. The third-order valence-electron chi connectivity index (χ3n) is 3.09. The minimum atomic E-state index is -0.487. The van der Waals surface area contributed by atoms with Crippen LogP contribution in [0.5, 0.6) is 0 Å². The molecule has 1 aromatic heterocycles. The molecule has 0 bridgehead atoms. The Hall–Kier alpha value is -1.63. The molecule has 2 rings (SSSR count). The molecule has 2 heterocycles. The summed E-state index contributed by atoms with van der Waals surface area (Å²) in [6, 6.07) is 0. The third kappa shape index (κ3) is 4.43. The van der Waals surface area contributed by atoms with Crippen LogP contribution in [0.1, 0.15) is 39.6 Å². The van der Waals surface area contributed by atoms with Gasteiger partial charge in [-0.15, -0.1) is 11.3 Å². The summed E-state index contributed by atoms with van der Waals surface area (Å²) in [6.45, 7) is 11.3. The van der Waals surface area contributed by atoms with Crippen molar-refractivity contribution in [3.63, 3.8) is 0 Å². The molecule has 0 aliphatic carbocycles. The van der Waals surface area contributed by atoms with Gasteiger partial charge in [0.05, 0.1) is 18.6 Å². The molecule has 0 saturated carbocycles. The first-order chi connectivity index (χ1) is 10.2. The number of amides is 1. The fourth-order valence-corrected chi connectivity index (χ4v) is 2.84. The lowest BCUT2D eigenvalue weighted by Gasteiger charge is -2.33. The van der Waals surface area contributed by atoms with Crippen molar-refractivity contribution in [2.75, 3.05) is 19.6 Å². The van der Waals surface area contributed by atoms with Gasteiger partial charge in [-0.25, -0.2) is 9.78 Å². The maximum Gasteiger partial charge on any atom is 0.410 e. The Labute approximate surface area is 135 Å². The minimum Gasteiger partial charge on any atom is -0.444 e. The van der Waals surface area contributed by atoms with E-state index in [1.165, 1.54) is 0 Å². The zero-order valence-corrected chi connectivity index (χ0v) is 14.7. The molecular formula is C15H24N4O2S. The molecule has 1 N–H and O–H groups in total. The maximum absolute atomic E-state index is 12.2. The monoisotopic (exact) mass is 324 g/mol. The molecule has 0 atom stereocenters. The molecule has 1 aliphatic heterocycles. The Kier molecular flexibility index (Phi) is 4.75. The molecule has 122 valence electrons. The summed E-state index contributed by atoms with van der Waals surface area (Å²) >= 11 is 1.60. The molecule has 1 amide bonds. The van der Waals surface area contributed by atoms with Gasteiger partial charge >= 0.3 is 6.09 Å². The smallest absolute Gasteiger partial charge is 0.410 e. The van der Waals surface area contributed by atoms with E-state index in [2.05, 4.69) is 29.1 Å². The summed E-state index contributed by atoms with van der Waals surface area (Å²) in [5.74, 6) is 0.789. The first-order valence-corrected chi connectivity index (χ1v) is 8.25. The van der Waals surface area contributed by atoms with Crippen LogP contribution < -0.4 is 5.32 Å². The third-order valence-corrected chi connectivity index (χ3v) is 4.19. The van der Waals surface area contributed by atoms with E-state index < -0.39 is 5.60 Å². The Morgan fingerprint density at radius 2 is 2.09 bits per heavy atom. The van der Waals surface area contributed by atoms with Gasteiger partial charge in [-0.05, 0) is 34.6 Å². The number of carbonyl (C=O) groups is 1. The first-order valence-electron chi connectivity index (χ1n) is 7.37. The van der Waals surface area contributed by atoms with Gasteiger partial charge in [0.2, 0.25) is 0 Å². The predicted octanol–water partition coefficient (Wildman–Crippen LogP) is 2.62. The van der Waals surface area contributed by atoms with Gasteiger partial charge in [-0.3, -0.25) is 9.89 Å². The predicted molar refractivity (Wildman–Crippen MR) is 88.4 cm³/mol. The second kappa shape index (κ2) is 6.24. The molecule has 7 heteroatoms. The lowest BCUT2D eigenvalue weighted by molar-refractivity contribution is 0.0275. The Balaban J connectivity index is 1.99. The van der Waals surface area contributed by atoms with E-state index in [0.717, 1.165) is 10.8 Å². The summed E-state index contributed by atoms with van der Waals surface area (Å²) in [6.07, 6.45) is 1.49. The highest BCUT2D eigenvalue weighted by molar-refractivity contribution is 7.09. The van der Waals surface area contributed by atoms with E-state index in [0.29, 0.717) is 19.6 Å². The van der Waals surface area contributed by atoms with Gasteiger partial charge in [-0.2, -0.15) is 0 Å². The highest BCUT2D eigenvalue weighted by Crippen LogP contribution is 2.22. The fraction of sp³-hybridized carbons (Fsp3) is 0.667. The zero-order valence-electron chi connectivity index (χ0n) is 13.8. The van der Waals surface area contributed by atoms with E-state index >= 15 is 0 Å². The van der Waals surface area contributed by atoms with Crippen molar-refractivity contribution < 1.29 is 9.53 Å². The molecule has 1 aliphatic rings. The molecular weight excluding hydrogens is 300 g/mol. The van der Waals surface area contributed by atoms with Crippen LogP contribution in [0.25, 0.3) is 0 Å². The topological polar surface area (TPSA) is 66.8 Å². The summed E-state index contributed by atoms with van der Waals surface area (Å²) in [4.78, 5) is 22.7. The largest absolute Gasteiger partial charge is 0.444 e. The standard InChI is InChI=1S/C15H24N4O2S/c1-14(2,3)21-13(20)19-8-6-16-11(10-19)18-15(4,5)12-17-7-9-22-12/h7,9H,6,8,10H2,1-5H3,(H,16,18). The molecule has 22 heavy (non-hydrogen) atoms. The van der Waals surface area contributed by atoms with Crippen molar-refractivity contribution in [1.82, 2.24) is 15.2 Å². The average molecular weight is 324 g/mol. The SMILES string of the molecule is CC(C)(C)OC(=O)N1CCN=C(NC(C)(C)c2nccs2)C1. The van der Waals surface area contributed by atoms with Crippen molar-refractivity contribution in [2.24, 2.45) is 4.99 Å². The van der Waals surface area contributed by atoms with E-state index in [1.54, 1.807) is 22.4 Å². The van der Waals surface area contributed by atoms with E-state index in [1.807, 2.05) is 26.2 Å². The average Bonchev–Trinajstić information content (AvgIpc) is 2.91. The zero-order chi connectivity index (χ0) is 16.4. The second-order valence-electron chi connectivity index (χ2n) is 6.82. The Morgan fingerprint density at radius 1 is 1.36 bits per heavy atom. The second-order valence-corrected chi connectivity index (χ2v) is 7.71.